The first-order valence-electron chi connectivity index (χ1n) is 1.57. The van der Waals surface area contributed by atoms with Crippen LogP contribution in [0.15, 0.2) is 0 Å². The summed E-state index contributed by atoms with van der Waals surface area (Å²) in [4.78, 5) is 0. The van der Waals surface area contributed by atoms with E-state index in [4.69, 9.17) is 9.69 Å². The van der Waals surface area contributed by atoms with Crippen molar-refractivity contribution in [3.63, 3.8) is 0 Å². The molecule has 0 saturated carbocycles. The van der Waals surface area contributed by atoms with Crippen LogP contribution in [-0.4, -0.2) is 18.8 Å². The van der Waals surface area contributed by atoms with Crippen LogP contribution in [0.2, 0.25) is 0 Å². The Labute approximate surface area is 44.3 Å². The minimum absolute atomic E-state index is 1.28. The zero-order valence-electron chi connectivity index (χ0n) is 4.25. The lowest BCUT2D eigenvalue weighted by atomic mass is 11.8. The standard InChI is InChI=1S/C2H9NO3S/c1-5-7(3,4)6-2/h4H,3H2,1-2H3. The van der Waals surface area contributed by atoms with E-state index in [1.54, 1.807) is 0 Å². The molecular formula is C2H9NO3S. The van der Waals surface area contributed by atoms with Gasteiger partial charge in [-0.1, -0.05) is 0 Å². The van der Waals surface area contributed by atoms with E-state index in [2.05, 4.69) is 8.37 Å². The van der Waals surface area contributed by atoms with E-state index in [1.807, 2.05) is 0 Å². The van der Waals surface area contributed by atoms with Crippen molar-refractivity contribution in [2.24, 2.45) is 5.14 Å². The van der Waals surface area contributed by atoms with Crippen LogP contribution in [0, 0.1) is 0 Å². The van der Waals surface area contributed by atoms with E-state index in [0.29, 0.717) is 0 Å². The second kappa shape index (κ2) is 2.49. The Bertz CT molecular complexity index is 50.9. The third kappa shape index (κ3) is 2.84. The molecule has 0 heterocycles. The molecule has 0 unspecified atom stereocenters. The number of hydrogen-bond donors (Lipinski definition) is 2. The largest absolute Gasteiger partial charge is 0.296 e. The van der Waals surface area contributed by atoms with Crippen molar-refractivity contribution < 1.29 is 12.9 Å². The SMILES string of the molecule is COS(N)(O)OC. The molecule has 7 heavy (non-hydrogen) atoms. The summed E-state index contributed by atoms with van der Waals surface area (Å²) in [5.74, 6) is 0. The molecule has 0 rings (SSSR count). The van der Waals surface area contributed by atoms with Gasteiger partial charge in [-0.25, -0.2) is 5.14 Å². The van der Waals surface area contributed by atoms with Crippen LogP contribution in [0.25, 0.3) is 0 Å². The van der Waals surface area contributed by atoms with Crippen molar-refractivity contribution in [3.05, 3.63) is 0 Å². The zero-order valence-corrected chi connectivity index (χ0v) is 5.07. The molecule has 3 N–H and O–H groups in total. The van der Waals surface area contributed by atoms with E-state index >= 15 is 0 Å². The van der Waals surface area contributed by atoms with Gasteiger partial charge in [0.15, 0.2) is 11.1 Å². The summed E-state index contributed by atoms with van der Waals surface area (Å²) in [6, 6.07) is 0. The molecule has 0 spiro atoms. The second-order valence-electron chi connectivity index (χ2n) is 0.848. The summed E-state index contributed by atoms with van der Waals surface area (Å²) >= 11 is -2.66. The predicted molar refractivity (Wildman–Crippen MR) is 28.4 cm³/mol. The average Bonchev–Trinajstić information content (AvgIpc) is 1.68. The first kappa shape index (κ1) is 7.19. The van der Waals surface area contributed by atoms with Crippen molar-refractivity contribution in [2.45, 2.75) is 0 Å². The number of hydrogen-bond acceptors (Lipinski definition) is 4. The van der Waals surface area contributed by atoms with Gasteiger partial charge in [-0.05, 0) is 0 Å². The molecule has 46 valence electrons. The molecule has 0 aliphatic rings. The highest BCUT2D eigenvalue weighted by Gasteiger charge is 2.08. The van der Waals surface area contributed by atoms with Crippen LogP contribution in [0.1, 0.15) is 0 Å². The molecule has 5 heteroatoms. The molecule has 0 aromatic heterocycles. The Balaban J connectivity index is 3.36. The van der Waals surface area contributed by atoms with Gasteiger partial charge < -0.3 is 0 Å². The van der Waals surface area contributed by atoms with Crippen LogP contribution < -0.4 is 5.14 Å². The summed E-state index contributed by atoms with van der Waals surface area (Å²) in [6.07, 6.45) is 0. The van der Waals surface area contributed by atoms with E-state index in [-0.39, 0.29) is 0 Å². The Hall–Kier alpha value is 0.190. The molecular weight excluding hydrogens is 118 g/mol. The zero-order chi connectivity index (χ0) is 5.91. The Morgan fingerprint density at radius 3 is 1.71 bits per heavy atom. The summed E-state index contributed by atoms with van der Waals surface area (Å²) in [5.41, 5.74) is 0. The maximum Gasteiger partial charge on any atom is 0.154 e. The highest BCUT2D eigenvalue weighted by atomic mass is 32.3. The first-order chi connectivity index (χ1) is 3.12. The second-order valence-corrected chi connectivity index (χ2v) is 2.54. The summed E-state index contributed by atoms with van der Waals surface area (Å²) in [7, 11) is 2.55. The minimum Gasteiger partial charge on any atom is -0.296 e. The first-order valence-corrected chi connectivity index (χ1v) is 3.07. The molecule has 4 nitrogen and oxygen atoms in total. The van der Waals surface area contributed by atoms with Crippen LogP contribution in [-0.2, 0) is 8.37 Å². The molecule has 0 aliphatic carbocycles. The molecule has 0 atom stereocenters. The Kier molecular flexibility index (Phi) is 2.55. The third-order valence-electron chi connectivity index (χ3n) is 0.478. The summed E-state index contributed by atoms with van der Waals surface area (Å²) < 4.78 is 17.1. The van der Waals surface area contributed by atoms with Gasteiger partial charge in [-0.3, -0.25) is 12.9 Å². The van der Waals surface area contributed by atoms with Crippen LogP contribution in [0.5, 0.6) is 0 Å². The summed E-state index contributed by atoms with van der Waals surface area (Å²) in [5, 5.41) is 4.91. The van der Waals surface area contributed by atoms with Crippen molar-refractivity contribution >= 4 is 11.1 Å². The van der Waals surface area contributed by atoms with Gasteiger partial charge in [0.2, 0.25) is 0 Å². The van der Waals surface area contributed by atoms with Gasteiger partial charge in [0, 0.05) is 0 Å². The van der Waals surface area contributed by atoms with Gasteiger partial charge in [-0.2, -0.15) is 0 Å². The van der Waals surface area contributed by atoms with Crippen LogP contribution in [0.3, 0.4) is 0 Å². The molecule has 0 aromatic rings. The lowest BCUT2D eigenvalue weighted by molar-refractivity contribution is 0.280. The quantitative estimate of drug-likeness (QED) is 0.558. The maximum absolute atomic E-state index is 8.55. The van der Waals surface area contributed by atoms with Crippen molar-refractivity contribution in [1.82, 2.24) is 0 Å². The fourth-order valence-electron chi connectivity index (χ4n) is 0.0680. The van der Waals surface area contributed by atoms with E-state index in [1.165, 1.54) is 14.2 Å². The normalized spacial score (nSPS) is 14.3. The van der Waals surface area contributed by atoms with Crippen LogP contribution in [0.4, 0.5) is 0 Å². The smallest absolute Gasteiger partial charge is 0.154 e. The topological polar surface area (TPSA) is 64.7 Å². The molecule has 0 aromatic carbocycles. The van der Waals surface area contributed by atoms with E-state index in [0.717, 1.165) is 0 Å². The molecule has 0 fully saturated rings. The Morgan fingerprint density at radius 1 is 1.43 bits per heavy atom. The minimum atomic E-state index is -2.66. The van der Waals surface area contributed by atoms with Gasteiger partial charge >= 0.3 is 0 Å². The summed E-state index contributed by atoms with van der Waals surface area (Å²) in [6.45, 7) is 0. The van der Waals surface area contributed by atoms with Crippen molar-refractivity contribution in [1.29, 1.82) is 0 Å². The van der Waals surface area contributed by atoms with Gasteiger partial charge in [0.1, 0.15) is 0 Å². The fraction of sp³-hybridized carbons (Fsp3) is 1.00. The third-order valence-corrected chi connectivity index (χ3v) is 1.43. The molecule has 0 saturated heterocycles. The molecule has 0 aliphatic heterocycles. The molecule has 0 amide bonds. The van der Waals surface area contributed by atoms with Gasteiger partial charge in [0.25, 0.3) is 0 Å². The average molecular weight is 127 g/mol. The lowest BCUT2D eigenvalue weighted by Gasteiger charge is -2.21. The number of nitrogens with two attached hydrogens (primary N) is 1. The molecule has 0 bridgehead atoms. The maximum atomic E-state index is 8.55. The Morgan fingerprint density at radius 2 is 1.71 bits per heavy atom. The predicted octanol–water partition coefficient (Wildman–Crippen LogP) is 0.261. The van der Waals surface area contributed by atoms with Crippen molar-refractivity contribution in [3.8, 4) is 0 Å². The fourth-order valence-corrected chi connectivity index (χ4v) is 0.204. The van der Waals surface area contributed by atoms with Crippen LogP contribution >= 0.6 is 11.1 Å². The van der Waals surface area contributed by atoms with Crippen molar-refractivity contribution in [2.75, 3.05) is 14.2 Å². The van der Waals surface area contributed by atoms with Gasteiger partial charge in [0.05, 0.1) is 14.2 Å². The monoisotopic (exact) mass is 127 g/mol. The highest BCUT2D eigenvalue weighted by molar-refractivity contribution is 8.19. The van der Waals surface area contributed by atoms with Gasteiger partial charge in [-0.15, -0.1) is 0 Å². The highest BCUT2D eigenvalue weighted by Crippen LogP contribution is 2.33. The van der Waals surface area contributed by atoms with E-state index < -0.39 is 11.1 Å². The lowest BCUT2D eigenvalue weighted by Crippen LogP contribution is -2.12. The number of rotatable bonds is 2. The van der Waals surface area contributed by atoms with E-state index in [9.17, 15) is 0 Å². The molecule has 0 radical (unpaired) electrons.